The van der Waals surface area contributed by atoms with E-state index in [0.717, 1.165) is 19.3 Å². The van der Waals surface area contributed by atoms with Gasteiger partial charge in [0.1, 0.15) is 24.2 Å². The largest absolute Gasteiger partial charge is 0.480 e. The van der Waals surface area contributed by atoms with Crippen molar-refractivity contribution in [1.82, 2.24) is 21.3 Å². The molecule has 4 amide bonds. The van der Waals surface area contributed by atoms with E-state index in [1.54, 1.807) is 0 Å². The van der Waals surface area contributed by atoms with Crippen LogP contribution in [0.5, 0.6) is 0 Å². The van der Waals surface area contributed by atoms with Gasteiger partial charge in [0.25, 0.3) is 0 Å². The number of nitrogens with one attached hydrogen (secondary N) is 4. The van der Waals surface area contributed by atoms with Gasteiger partial charge >= 0.3 is 5.97 Å². The van der Waals surface area contributed by atoms with E-state index in [2.05, 4.69) is 28.2 Å². The number of aliphatic carboxylic acids is 1. The molecule has 0 spiro atoms. The number of carboxylic acids is 1. The van der Waals surface area contributed by atoms with Crippen molar-refractivity contribution >= 4 is 29.6 Å². The molecule has 0 aromatic heterocycles. The summed E-state index contributed by atoms with van der Waals surface area (Å²) >= 11 is 0. The molecule has 0 bridgehead atoms. The van der Waals surface area contributed by atoms with Gasteiger partial charge in [-0.1, -0.05) is 84.0 Å². The fourth-order valence-electron chi connectivity index (χ4n) is 5.15. The van der Waals surface area contributed by atoms with Gasteiger partial charge in [-0.05, 0) is 71.9 Å². The summed E-state index contributed by atoms with van der Waals surface area (Å²) < 4.78 is 0. The average Bonchev–Trinajstić information content (AvgIpc) is 3.02. The van der Waals surface area contributed by atoms with Crippen molar-refractivity contribution in [3.05, 3.63) is 0 Å². The summed E-state index contributed by atoms with van der Waals surface area (Å²) in [5.74, 6) is -3.10. The van der Waals surface area contributed by atoms with Gasteiger partial charge in [0.2, 0.25) is 23.6 Å². The third kappa shape index (κ3) is 22.7. The van der Waals surface area contributed by atoms with Gasteiger partial charge in [0.05, 0.1) is 0 Å². The Hall–Kier alpha value is -2.73. The van der Waals surface area contributed by atoms with Gasteiger partial charge < -0.3 is 37.8 Å². The highest BCUT2D eigenvalue weighted by Crippen LogP contribution is 2.13. The lowest BCUT2D eigenvalue weighted by Crippen LogP contribution is -2.56. The summed E-state index contributed by atoms with van der Waals surface area (Å²) in [5.41, 5.74) is 11.2. The number of hydrogen-bond donors (Lipinski definition) is 7. The lowest BCUT2D eigenvalue weighted by molar-refractivity contribution is -0.141. The van der Waals surface area contributed by atoms with Gasteiger partial charge in [-0.15, -0.1) is 0 Å². The number of unbranched alkanes of at least 4 members (excludes halogenated alkanes) is 14. The van der Waals surface area contributed by atoms with Crippen LogP contribution in [0.1, 0.15) is 149 Å². The molecule has 0 aliphatic heterocycles. The van der Waals surface area contributed by atoms with E-state index in [1.165, 1.54) is 78.1 Å². The molecule has 0 radical (unpaired) electrons. The van der Waals surface area contributed by atoms with Crippen LogP contribution in [0.4, 0.5) is 0 Å². The summed E-state index contributed by atoms with van der Waals surface area (Å²) in [6.45, 7) is 5.95. The fourth-order valence-corrected chi connectivity index (χ4v) is 5.15. The smallest absolute Gasteiger partial charge is 0.325 e. The molecule has 12 heteroatoms. The quantitative estimate of drug-likeness (QED) is 0.0566. The highest BCUT2D eigenvalue weighted by molar-refractivity contribution is 5.94. The van der Waals surface area contributed by atoms with Crippen LogP contribution in [0.25, 0.3) is 0 Å². The lowest BCUT2D eigenvalue weighted by atomic mass is 10.0. The Balaban J connectivity index is 4.74. The second kappa shape index (κ2) is 28.5. The topological polar surface area (TPSA) is 206 Å². The predicted molar refractivity (Wildman–Crippen MR) is 183 cm³/mol. The molecule has 12 nitrogen and oxygen atoms in total. The van der Waals surface area contributed by atoms with Crippen LogP contribution in [-0.2, 0) is 24.0 Å². The molecule has 0 saturated carbocycles. The summed E-state index contributed by atoms with van der Waals surface area (Å²) in [4.78, 5) is 62.6. The molecule has 0 fully saturated rings. The Morgan fingerprint density at radius 3 is 1.37 bits per heavy atom. The number of rotatable bonds is 30. The zero-order chi connectivity index (χ0) is 34.6. The van der Waals surface area contributed by atoms with Crippen LogP contribution in [-0.4, -0.2) is 72.0 Å². The van der Waals surface area contributed by atoms with Gasteiger partial charge in [-0.25, -0.2) is 0 Å². The number of carbonyl (C=O) groups is 5. The molecule has 0 aromatic rings. The summed E-state index contributed by atoms with van der Waals surface area (Å²) in [7, 11) is 0. The first kappa shape index (κ1) is 43.3. The van der Waals surface area contributed by atoms with E-state index >= 15 is 0 Å². The fraction of sp³-hybridized carbons (Fsp3) is 0.853. The van der Waals surface area contributed by atoms with Crippen LogP contribution < -0.4 is 32.7 Å². The van der Waals surface area contributed by atoms with Crippen molar-refractivity contribution in [2.45, 2.75) is 173 Å². The molecule has 0 unspecified atom stereocenters. The van der Waals surface area contributed by atoms with Gasteiger partial charge in [-0.2, -0.15) is 0 Å². The minimum atomic E-state index is -1.20. The molecular weight excluding hydrogens is 588 g/mol. The van der Waals surface area contributed by atoms with Crippen molar-refractivity contribution in [3.8, 4) is 0 Å². The van der Waals surface area contributed by atoms with Crippen molar-refractivity contribution in [2.75, 3.05) is 13.1 Å². The molecular formula is C34H66N6O6. The highest BCUT2D eigenvalue weighted by atomic mass is 16.4. The summed E-state index contributed by atoms with van der Waals surface area (Å²) in [6.07, 6.45) is 19.3. The molecule has 0 aliphatic rings. The minimum Gasteiger partial charge on any atom is -0.480 e. The Morgan fingerprint density at radius 2 is 0.935 bits per heavy atom. The second-order valence-electron chi connectivity index (χ2n) is 12.5. The molecule has 4 atom stereocenters. The third-order valence-electron chi connectivity index (χ3n) is 8.17. The molecule has 46 heavy (non-hydrogen) atoms. The predicted octanol–water partition coefficient (Wildman–Crippen LogP) is 3.79. The van der Waals surface area contributed by atoms with Crippen LogP contribution in [0.2, 0.25) is 0 Å². The molecule has 0 aliphatic carbocycles. The SMILES string of the molecule is CCCCCCCCCCCCCCCC(=O)N[C@@H](CCCCN)C(=O)N[C@@H](C)C(=O)N[C@@H](CCCCN)C(=O)N[C@@H](C)C(=O)O. The van der Waals surface area contributed by atoms with Gasteiger partial charge in [0, 0.05) is 6.42 Å². The first-order valence-corrected chi connectivity index (χ1v) is 17.9. The maximum Gasteiger partial charge on any atom is 0.325 e. The lowest BCUT2D eigenvalue weighted by Gasteiger charge is -2.24. The van der Waals surface area contributed by atoms with Crippen LogP contribution in [0.3, 0.4) is 0 Å². The van der Waals surface area contributed by atoms with E-state index < -0.39 is 47.9 Å². The van der Waals surface area contributed by atoms with E-state index in [9.17, 15) is 24.0 Å². The Kier molecular flexibility index (Phi) is 26.8. The number of nitrogens with two attached hydrogens (primary N) is 2. The van der Waals surface area contributed by atoms with Crippen molar-refractivity contribution in [2.24, 2.45) is 11.5 Å². The van der Waals surface area contributed by atoms with Crippen molar-refractivity contribution < 1.29 is 29.1 Å². The average molecular weight is 655 g/mol. The first-order chi connectivity index (χ1) is 22.1. The molecule has 0 heterocycles. The Bertz CT molecular complexity index is 858. The van der Waals surface area contributed by atoms with Crippen LogP contribution in [0, 0.1) is 0 Å². The summed E-state index contributed by atoms with van der Waals surface area (Å²) in [6, 6.07) is -3.92. The third-order valence-corrected chi connectivity index (χ3v) is 8.17. The number of carbonyl (C=O) groups excluding carboxylic acids is 4. The number of amides is 4. The standard InChI is InChI=1S/C34H66N6O6/c1-4-5-6-7-8-9-10-11-12-13-14-15-16-23-30(41)39-28(21-17-19-24-35)32(43)37-26(2)31(42)40-29(22-18-20-25-36)33(44)38-27(3)34(45)46/h26-29H,4-25,35-36H2,1-3H3,(H,37,43)(H,38,44)(H,39,41)(H,40,42)(H,45,46)/t26-,27-,28-,29-/m0/s1. The van der Waals surface area contributed by atoms with Crippen molar-refractivity contribution in [1.29, 1.82) is 0 Å². The van der Waals surface area contributed by atoms with Gasteiger partial charge in [0.15, 0.2) is 0 Å². The van der Waals surface area contributed by atoms with Crippen molar-refractivity contribution in [3.63, 3.8) is 0 Å². The van der Waals surface area contributed by atoms with E-state index in [1.807, 2.05) is 0 Å². The van der Waals surface area contributed by atoms with Gasteiger partial charge in [-0.3, -0.25) is 24.0 Å². The molecule has 268 valence electrons. The second-order valence-corrected chi connectivity index (χ2v) is 12.5. The Labute approximate surface area is 277 Å². The monoisotopic (exact) mass is 655 g/mol. The summed E-state index contributed by atoms with van der Waals surface area (Å²) in [5, 5.41) is 19.6. The van der Waals surface area contributed by atoms with Crippen LogP contribution in [0.15, 0.2) is 0 Å². The highest BCUT2D eigenvalue weighted by Gasteiger charge is 2.28. The first-order valence-electron chi connectivity index (χ1n) is 17.9. The zero-order valence-electron chi connectivity index (χ0n) is 29.0. The maximum atomic E-state index is 13.1. The Morgan fingerprint density at radius 1 is 0.522 bits per heavy atom. The minimum absolute atomic E-state index is 0.197. The van der Waals surface area contributed by atoms with E-state index in [0.29, 0.717) is 51.6 Å². The molecule has 0 aromatic carbocycles. The molecule has 0 rings (SSSR count). The normalized spacial score (nSPS) is 13.7. The number of hydrogen-bond acceptors (Lipinski definition) is 7. The maximum absolute atomic E-state index is 13.1. The molecule has 0 saturated heterocycles. The molecule has 9 N–H and O–H groups in total. The van der Waals surface area contributed by atoms with E-state index in [-0.39, 0.29) is 12.3 Å². The zero-order valence-corrected chi connectivity index (χ0v) is 29.0. The number of carboxylic acid groups (broad SMARTS) is 1. The van der Waals surface area contributed by atoms with Crippen LogP contribution >= 0.6 is 0 Å². The van der Waals surface area contributed by atoms with E-state index in [4.69, 9.17) is 16.6 Å².